The summed E-state index contributed by atoms with van der Waals surface area (Å²) in [4.78, 5) is 0. The van der Waals surface area contributed by atoms with E-state index in [-0.39, 0.29) is 6.10 Å². The third kappa shape index (κ3) is 7.61. The lowest BCUT2D eigenvalue weighted by molar-refractivity contribution is -0.0706. The van der Waals surface area contributed by atoms with E-state index in [1.54, 1.807) is 0 Å². The molecule has 1 atom stereocenters. The maximum atomic E-state index is 6.82. The van der Waals surface area contributed by atoms with Gasteiger partial charge in [0.05, 0.1) is 45.7 Å². The molecule has 0 amide bonds. The monoisotopic (exact) mass is 496 g/mol. The third-order valence-electron chi connectivity index (χ3n) is 6.19. The summed E-state index contributed by atoms with van der Waals surface area (Å²) in [5.41, 5.74) is 3.67. The molecule has 0 aromatic heterocycles. The first-order chi connectivity index (χ1) is 18.3. The first-order valence-corrected chi connectivity index (χ1v) is 12.9. The molecule has 4 heteroatoms. The van der Waals surface area contributed by atoms with Gasteiger partial charge in [-0.05, 0) is 29.2 Å². The lowest BCUT2D eigenvalue weighted by Crippen LogP contribution is -2.36. The van der Waals surface area contributed by atoms with Crippen molar-refractivity contribution in [1.82, 2.24) is 0 Å². The van der Waals surface area contributed by atoms with Crippen LogP contribution in [0.15, 0.2) is 121 Å². The van der Waals surface area contributed by atoms with Crippen LogP contribution in [0.3, 0.4) is 0 Å². The summed E-state index contributed by atoms with van der Waals surface area (Å²) in [6.07, 6.45) is -0.103. The minimum Gasteiger partial charge on any atom is -0.377 e. The number of hydrogen-bond acceptors (Lipinski definition) is 4. The van der Waals surface area contributed by atoms with Crippen molar-refractivity contribution < 1.29 is 18.9 Å². The summed E-state index contributed by atoms with van der Waals surface area (Å²) < 4.78 is 24.2. The van der Waals surface area contributed by atoms with Crippen molar-refractivity contribution in [2.45, 2.75) is 25.2 Å². The lowest BCUT2D eigenvalue weighted by atomic mass is 9.80. The molecule has 4 nitrogen and oxygen atoms in total. The zero-order valence-electron chi connectivity index (χ0n) is 21.5. The minimum atomic E-state index is -0.742. The van der Waals surface area contributed by atoms with E-state index < -0.39 is 5.60 Å². The van der Waals surface area contributed by atoms with Crippen molar-refractivity contribution in [3.05, 3.63) is 144 Å². The summed E-state index contributed by atoms with van der Waals surface area (Å²) in [5.74, 6) is 0. The van der Waals surface area contributed by atoms with Crippen LogP contribution in [0.2, 0.25) is 0 Å². The molecule has 0 radical (unpaired) electrons. The van der Waals surface area contributed by atoms with Crippen LogP contribution in [0.25, 0.3) is 0 Å². The van der Waals surface area contributed by atoms with E-state index in [1.165, 1.54) is 0 Å². The SMILES string of the molecule is C[C@H](COC(c1ccccc1)(c1ccccc1)c1ccccc1)OCCOCCOCc1ccccc1. The molecule has 0 aliphatic carbocycles. The molecule has 37 heavy (non-hydrogen) atoms. The predicted molar refractivity (Wildman–Crippen MR) is 147 cm³/mol. The molecule has 0 heterocycles. The van der Waals surface area contributed by atoms with Crippen molar-refractivity contribution in [2.24, 2.45) is 0 Å². The second-order valence-electron chi connectivity index (χ2n) is 8.92. The zero-order valence-corrected chi connectivity index (χ0v) is 21.5. The van der Waals surface area contributed by atoms with Gasteiger partial charge in [-0.25, -0.2) is 0 Å². The van der Waals surface area contributed by atoms with Gasteiger partial charge in [0.2, 0.25) is 0 Å². The number of hydrogen-bond donors (Lipinski definition) is 0. The normalized spacial score (nSPS) is 12.4. The van der Waals surface area contributed by atoms with E-state index in [1.807, 2.05) is 43.3 Å². The van der Waals surface area contributed by atoms with Crippen LogP contribution in [0, 0.1) is 0 Å². The molecule has 0 saturated heterocycles. The van der Waals surface area contributed by atoms with Gasteiger partial charge in [-0.15, -0.1) is 0 Å². The Kier molecular flexibility index (Phi) is 10.5. The molecule has 0 N–H and O–H groups in total. The summed E-state index contributed by atoms with van der Waals surface area (Å²) in [5, 5.41) is 0. The zero-order chi connectivity index (χ0) is 25.6. The van der Waals surface area contributed by atoms with Crippen LogP contribution >= 0.6 is 0 Å². The summed E-state index contributed by atoms with van der Waals surface area (Å²) in [6, 6.07) is 41.3. The molecule has 4 aromatic carbocycles. The van der Waals surface area contributed by atoms with Crippen LogP contribution in [-0.4, -0.2) is 39.1 Å². The van der Waals surface area contributed by atoms with E-state index in [0.717, 1.165) is 22.3 Å². The van der Waals surface area contributed by atoms with Crippen LogP contribution in [-0.2, 0) is 31.2 Å². The van der Waals surface area contributed by atoms with Crippen LogP contribution in [0.5, 0.6) is 0 Å². The Morgan fingerprint density at radius 2 is 0.973 bits per heavy atom. The van der Waals surface area contributed by atoms with Gasteiger partial charge < -0.3 is 18.9 Å². The number of benzene rings is 4. The molecular formula is C33H36O4. The quantitative estimate of drug-likeness (QED) is 0.137. The third-order valence-corrected chi connectivity index (χ3v) is 6.19. The van der Waals surface area contributed by atoms with E-state index >= 15 is 0 Å². The Morgan fingerprint density at radius 1 is 0.541 bits per heavy atom. The summed E-state index contributed by atoms with van der Waals surface area (Å²) >= 11 is 0. The maximum absolute atomic E-state index is 6.82. The Bertz CT molecular complexity index is 1040. The highest BCUT2D eigenvalue weighted by molar-refractivity contribution is 5.47. The fourth-order valence-corrected chi connectivity index (χ4v) is 4.35. The topological polar surface area (TPSA) is 36.9 Å². The van der Waals surface area contributed by atoms with Gasteiger partial charge in [-0.3, -0.25) is 0 Å². The average molecular weight is 497 g/mol. The molecule has 0 aliphatic rings. The molecule has 0 aliphatic heterocycles. The highest BCUT2D eigenvalue weighted by Crippen LogP contribution is 2.40. The number of rotatable bonds is 15. The highest BCUT2D eigenvalue weighted by Gasteiger charge is 2.37. The van der Waals surface area contributed by atoms with Crippen molar-refractivity contribution in [1.29, 1.82) is 0 Å². The lowest BCUT2D eigenvalue weighted by Gasteiger charge is -2.36. The Morgan fingerprint density at radius 3 is 1.49 bits per heavy atom. The smallest absolute Gasteiger partial charge is 0.143 e. The second-order valence-corrected chi connectivity index (χ2v) is 8.92. The summed E-state index contributed by atoms with van der Waals surface area (Å²) in [7, 11) is 0. The van der Waals surface area contributed by atoms with Crippen LogP contribution < -0.4 is 0 Å². The van der Waals surface area contributed by atoms with Crippen molar-refractivity contribution in [3.8, 4) is 0 Å². The first kappa shape index (κ1) is 26.8. The van der Waals surface area contributed by atoms with E-state index in [4.69, 9.17) is 18.9 Å². The van der Waals surface area contributed by atoms with Crippen molar-refractivity contribution >= 4 is 0 Å². The number of ether oxygens (including phenoxy) is 4. The molecular weight excluding hydrogens is 460 g/mol. The maximum Gasteiger partial charge on any atom is 0.143 e. The van der Waals surface area contributed by atoms with Crippen LogP contribution in [0.4, 0.5) is 0 Å². The molecule has 0 spiro atoms. The standard InChI is InChI=1S/C33H36O4/c1-28(36-25-24-34-22-23-35-27-29-14-6-2-7-15-29)26-37-33(30-16-8-3-9-17-30,31-18-10-4-11-19-31)32-20-12-5-13-21-32/h2-21,28H,22-27H2,1H3/t28-/m1/s1. The fraction of sp³-hybridized carbons (Fsp3) is 0.273. The average Bonchev–Trinajstić information content (AvgIpc) is 2.97. The van der Waals surface area contributed by atoms with Gasteiger partial charge in [0, 0.05) is 0 Å². The predicted octanol–water partition coefficient (Wildman–Crippen LogP) is 6.63. The first-order valence-electron chi connectivity index (χ1n) is 12.9. The Balaban J connectivity index is 1.31. The highest BCUT2D eigenvalue weighted by atomic mass is 16.6. The Hall–Kier alpha value is -3.28. The van der Waals surface area contributed by atoms with Crippen LogP contribution in [0.1, 0.15) is 29.2 Å². The van der Waals surface area contributed by atoms with Gasteiger partial charge in [0.25, 0.3) is 0 Å². The largest absolute Gasteiger partial charge is 0.377 e. The van der Waals surface area contributed by atoms with Gasteiger partial charge in [0.1, 0.15) is 5.60 Å². The molecule has 0 saturated carbocycles. The summed E-state index contributed by atoms with van der Waals surface area (Å²) in [6.45, 7) is 5.18. The molecule has 192 valence electrons. The minimum absolute atomic E-state index is 0.103. The Labute approximate surface area is 220 Å². The molecule has 0 bridgehead atoms. The molecule has 0 unspecified atom stereocenters. The van der Waals surface area contributed by atoms with E-state index in [9.17, 15) is 0 Å². The van der Waals surface area contributed by atoms with E-state index in [2.05, 4.69) is 84.9 Å². The van der Waals surface area contributed by atoms with Gasteiger partial charge in [-0.1, -0.05) is 121 Å². The van der Waals surface area contributed by atoms with Gasteiger partial charge >= 0.3 is 0 Å². The fourth-order valence-electron chi connectivity index (χ4n) is 4.35. The van der Waals surface area contributed by atoms with Gasteiger partial charge in [0.15, 0.2) is 0 Å². The van der Waals surface area contributed by atoms with Gasteiger partial charge in [-0.2, -0.15) is 0 Å². The van der Waals surface area contributed by atoms with Crippen molar-refractivity contribution in [2.75, 3.05) is 33.0 Å². The van der Waals surface area contributed by atoms with E-state index in [0.29, 0.717) is 39.6 Å². The molecule has 4 aromatic rings. The van der Waals surface area contributed by atoms with Crippen molar-refractivity contribution in [3.63, 3.8) is 0 Å². The second kappa shape index (κ2) is 14.5. The molecule has 4 rings (SSSR count). The molecule has 0 fully saturated rings.